The summed E-state index contributed by atoms with van der Waals surface area (Å²) in [4.78, 5) is 43.3. The lowest BCUT2D eigenvalue weighted by atomic mass is 9.96. The normalized spacial score (nSPS) is 16.1. The van der Waals surface area contributed by atoms with Crippen LogP contribution in [0.15, 0.2) is 12.1 Å². The van der Waals surface area contributed by atoms with Gasteiger partial charge in [0.15, 0.2) is 23.1 Å². The van der Waals surface area contributed by atoms with Crippen LogP contribution in [0.25, 0.3) is 0 Å². The third-order valence-corrected chi connectivity index (χ3v) is 6.52. The van der Waals surface area contributed by atoms with Crippen molar-refractivity contribution in [1.82, 2.24) is 30.2 Å². The predicted octanol–water partition coefficient (Wildman–Crippen LogP) is 4.00. The van der Waals surface area contributed by atoms with Gasteiger partial charge >= 0.3 is 18.2 Å². The van der Waals surface area contributed by atoms with Gasteiger partial charge in [0.2, 0.25) is 5.82 Å². The molecular weight excluding hydrogens is 586 g/mol. The van der Waals surface area contributed by atoms with E-state index in [2.05, 4.69) is 15.6 Å². The van der Waals surface area contributed by atoms with Crippen LogP contribution >= 0.6 is 0 Å². The van der Waals surface area contributed by atoms with E-state index in [0.717, 1.165) is 9.58 Å². The Morgan fingerprint density at radius 3 is 2.30 bits per heavy atom. The van der Waals surface area contributed by atoms with Gasteiger partial charge in [-0.1, -0.05) is 0 Å². The van der Waals surface area contributed by atoms with Gasteiger partial charge in [0.25, 0.3) is 0 Å². The van der Waals surface area contributed by atoms with Crippen molar-refractivity contribution < 1.29 is 45.5 Å². The maximum Gasteiger partial charge on any atom is 0.435 e. The molecule has 2 amide bonds. The first-order chi connectivity index (χ1) is 19.8. The summed E-state index contributed by atoms with van der Waals surface area (Å²) in [6.45, 7) is 5.88. The summed E-state index contributed by atoms with van der Waals surface area (Å²) in [5.74, 6) is -6.17. The summed E-state index contributed by atoms with van der Waals surface area (Å²) in [5, 5.41) is 7.66. The number of alkyl carbamates (subject to hydrolysis) is 1. The summed E-state index contributed by atoms with van der Waals surface area (Å²) in [6.07, 6.45) is -7.03. The molecule has 238 valence electrons. The average Bonchev–Trinajstić information content (AvgIpc) is 3.26. The van der Waals surface area contributed by atoms with Crippen LogP contribution in [0.4, 0.5) is 31.1 Å². The number of halogens is 6. The van der Waals surface area contributed by atoms with Crippen LogP contribution in [0.5, 0.6) is 0 Å². The summed E-state index contributed by atoms with van der Waals surface area (Å²) in [7, 11) is 3.03. The van der Waals surface area contributed by atoms with Gasteiger partial charge in [0, 0.05) is 52.3 Å². The Bertz CT molecular complexity index is 1370. The van der Waals surface area contributed by atoms with Crippen molar-refractivity contribution >= 4 is 17.8 Å². The lowest BCUT2D eigenvalue weighted by molar-refractivity contribution is -0.142. The SMILES string of the molecule is CCN(C(=O)c1nc(C(F)(F)F)c2n1C(C(=O)CC(Cc1cc(F)c(F)cc1F)NC(=O)OC(C)(C)C)CNC2)N(C)C. The van der Waals surface area contributed by atoms with Gasteiger partial charge in [-0.05, 0) is 45.7 Å². The molecule has 0 spiro atoms. The summed E-state index contributed by atoms with van der Waals surface area (Å²) >= 11 is 0. The van der Waals surface area contributed by atoms with Crippen molar-refractivity contribution in [1.29, 1.82) is 0 Å². The van der Waals surface area contributed by atoms with Crippen LogP contribution < -0.4 is 10.6 Å². The Balaban J connectivity index is 2.03. The van der Waals surface area contributed by atoms with Gasteiger partial charge in [0.05, 0.1) is 5.69 Å². The molecule has 0 bridgehead atoms. The van der Waals surface area contributed by atoms with Crippen LogP contribution in [0.2, 0.25) is 0 Å². The third-order valence-electron chi connectivity index (χ3n) is 6.52. The fourth-order valence-electron chi connectivity index (χ4n) is 4.76. The number of fused-ring (bicyclic) bond motifs is 1. The molecule has 0 saturated heterocycles. The third kappa shape index (κ3) is 8.04. The molecule has 3 rings (SSSR count). The Morgan fingerprint density at radius 1 is 1.12 bits per heavy atom. The van der Waals surface area contributed by atoms with E-state index in [0.29, 0.717) is 12.1 Å². The molecule has 1 aliphatic rings. The number of carbonyl (C=O) groups is 3. The lowest BCUT2D eigenvalue weighted by Gasteiger charge is -2.31. The van der Waals surface area contributed by atoms with Crippen LogP contribution in [-0.2, 0) is 28.7 Å². The fraction of sp³-hybridized carbons (Fsp3) is 0.556. The molecule has 2 N–H and O–H groups in total. The Hall–Kier alpha value is -3.66. The Labute approximate surface area is 244 Å². The minimum atomic E-state index is -4.94. The molecule has 1 aromatic heterocycles. The highest BCUT2D eigenvalue weighted by atomic mass is 19.4. The number of rotatable bonds is 9. The maximum absolute atomic E-state index is 14.5. The summed E-state index contributed by atoms with van der Waals surface area (Å²) in [5.41, 5.74) is -3.09. The average molecular weight is 621 g/mol. The number of Topliss-reactive ketones (excluding diaryl/α,β-unsaturated/α-hetero) is 1. The molecule has 2 heterocycles. The molecule has 2 aromatic rings. The number of nitrogens with zero attached hydrogens (tertiary/aromatic N) is 4. The summed E-state index contributed by atoms with van der Waals surface area (Å²) < 4.78 is 90.0. The molecule has 0 fully saturated rings. The second kappa shape index (κ2) is 12.9. The van der Waals surface area contributed by atoms with E-state index in [1.165, 1.54) is 19.1 Å². The van der Waals surface area contributed by atoms with E-state index in [1.807, 2.05) is 0 Å². The summed E-state index contributed by atoms with van der Waals surface area (Å²) in [6, 6.07) is -1.74. The van der Waals surface area contributed by atoms with E-state index in [-0.39, 0.29) is 25.2 Å². The van der Waals surface area contributed by atoms with Crippen molar-refractivity contribution in [2.24, 2.45) is 0 Å². The van der Waals surface area contributed by atoms with E-state index in [4.69, 9.17) is 4.74 Å². The number of hydrogen-bond acceptors (Lipinski definition) is 7. The van der Waals surface area contributed by atoms with Crippen molar-refractivity contribution in [3.05, 3.63) is 52.4 Å². The van der Waals surface area contributed by atoms with Gasteiger partial charge in [-0.25, -0.2) is 28.0 Å². The number of aromatic nitrogens is 2. The van der Waals surface area contributed by atoms with E-state index >= 15 is 0 Å². The monoisotopic (exact) mass is 620 g/mol. The highest BCUT2D eigenvalue weighted by Crippen LogP contribution is 2.35. The Kier molecular flexibility index (Phi) is 10.2. The van der Waals surface area contributed by atoms with Crippen molar-refractivity contribution in [3.8, 4) is 0 Å². The van der Waals surface area contributed by atoms with Crippen LogP contribution in [0.1, 0.15) is 67.7 Å². The number of hydrazine groups is 1. The molecule has 10 nitrogen and oxygen atoms in total. The number of alkyl halides is 3. The zero-order chi connectivity index (χ0) is 32.4. The van der Waals surface area contributed by atoms with Crippen LogP contribution in [0, 0.1) is 17.5 Å². The largest absolute Gasteiger partial charge is 0.444 e. The number of ether oxygens (including phenoxy) is 1. The molecule has 0 radical (unpaired) electrons. The van der Waals surface area contributed by atoms with E-state index < -0.39 is 89.2 Å². The lowest BCUT2D eigenvalue weighted by Crippen LogP contribution is -2.46. The first kappa shape index (κ1) is 33.8. The van der Waals surface area contributed by atoms with Gasteiger partial charge in [-0.15, -0.1) is 0 Å². The van der Waals surface area contributed by atoms with Crippen molar-refractivity contribution in [3.63, 3.8) is 0 Å². The minimum absolute atomic E-state index is 0.0912. The number of ketones is 1. The maximum atomic E-state index is 14.5. The second-order valence-corrected chi connectivity index (χ2v) is 11.2. The van der Waals surface area contributed by atoms with E-state index in [1.54, 1.807) is 27.7 Å². The van der Waals surface area contributed by atoms with Gasteiger partial charge in [0.1, 0.15) is 17.5 Å². The number of carbonyl (C=O) groups excluding carboxylic acids is 3. The molecule has 1 aliphatic heterocycles. The number of hydrogen-bond donors (Lipinski definition) is 2. The quantitative estimate of drug-likeness (QED) is 0.248. The smallest absolute Gasteiger partial charge is 0.435 e. The highest BCUT2D eigenvalue weighted by molar-refractivity contribution is 5.92. The zero-order valence-corrected chi connectivity index (χ0v) is 24.5. The number of benzene rings is 1. The molecule has 2 atom stereocenters. The molecule has 0 saturated carbocycles. The number of amides is 2. The highest BCUT2D eigenvalue weighted by Gasteiger charge is 2.44. The predicted molar refractivity (Wildman–Crippen MR) is 141 cm³/mol. The van der Waals surface area contributed by atoms with Gasteiger partial charge in [-0.2, -0.15) is 13.2 Å². The van der Waals surface area contributed by atoms with Crippen LogP contribution in [-0.4, -0.2) is 76.2 Å². The molecule has 0 aliphatic carbocycles. The molecule has 1 aromatic carbocycles. The molecular formula is C27H34F6N6O4. The molecule has 16 heteroatoms. The molecule has 2 unspecified atom stereocenters. The standard InChI is InChI=1S/C27H34F6N6O4/c1-7-38(37(5)6)24(41)23-36-22(27(31,32)33)20-13-34-12-19(39(20)23)21(40)10-15(35-25(42)43-26(2,3)4)8-14-9-17(29)18(30)11-16(14)28/h9,11,15,19,34H,7-8,10,12-13H2,1-6H3,(H,35,42). The van der Waals surface area contributed by atoms with Gasteiger partial charge < -0.3 is 19.9 Å². The zero-order valence-electron chi connectivity index (χ0n) is 24.5. The second-order valence-electron chi connectivity index (χ2n) is 11.2. The fourth-order valence-corrected chi connectivity index (χ4v) is 4.76. The van der Waals surface area contributed by atoms with Crippen LogP contribution in [0.3, 0.4) is 0 Å². The van der Waals surface area contributed by atoms with Crippen molar-refractivity contribution in [2.45, 2.75) is 70.9 Å². The first-order valence-electron chi connectivity index (χ1n) is 13.4. The van der Waals surface area contributed by atoms with Crippen molar-refractivity contribution in [2.75, 3.05) is 27.2 Å². The number of imidazole rings is 1. The topological polar surface area (TPSA) is 109 Å². The number of nitrogens with one attached hydrogen (secondary N) is 2. The Morgan fingerprint density at radius 2 is 1.74 bits per heavy atom. The first-order valence-corrected chi connectivity index (χ1v) is 13.4. The van der Waals surface area contributed by atoms with E-state index in [9.17, 15) is 40.7 Å². The van der Waals surface area contributed by atoms with Gasteiger partial charge in [-0.3, -0.25) is 14.6 Å². The molecule has 43 heavy (non-hydrogen) atoms. The minimum Gasteiger partial charge on any atom is -0.444 e.